The van der Waals surface area contributed by atoms with Gasteiger partial charge in [0, 0.05) is 30.7 Å². The zero-order chi connectivity index (χ0) is 18.6. The molecule has 3 atom stereocenters. The molecule has 5 nitrogen and oxygen atoms in total. The molecule has 2 bridgehead atoms. The number of nitrogens with zero attached hydrogens (tertiary/aromatic N) is 2. The number of amides is 1. The van der Waals surface area contributed by atoms with Crippen LogP contribution >= 0.6 is 0 Å². The molecule has 1 aliphatic carbocycles. The highest BCUT2D eigenvalue weighted by Crippen LogP contribution is 2.43. The number of benzene rings is 2. The highest BCUT2D eigenvalue weighted by molar-refractivity contribution is 5.84. The van der Waals surface area contributed by atoms with Gasteiger partial charge in [0.15, 0.2) is 0 Å². The van der Waals surface area contributed by atoms with E-state index < -0.39 is 6.09 Å². The van der Waals surface area contributed by atoms with Crippen LogP contribution in [0, 0.1) is 23.2 Å². The molecular formula is C22H23N3O2. The molecule has 1 amide bonds. The number of rotatable bonds is 5. The van der Waals surface area contributed by atoms with Gasteiger partial charge in [0.25, 0.3) is 0 Å². The van der Waals surface area contributed by atoms with Crippen LogP contribution in [-0.2, 0) is 11.3 Å². The molecule has 27 heavy (non-hydrogen) atoms. The van der Waals surface area contributed by atoms with Gasteiger partial charge < -0.3 is 4.74 Å². The Bertz CT molecular complexity index is 846. The van der Waals surface area contributed by atoms with Crippen molar-refractivity contribution in [1.29, 1.82) is 5.26 Å². The van der Waals surface area contributed by atoms with Crippen LogP contribution in [0.15, 0.2) is 54.6 Å². The summed E-state index contributed by atoms with van der Waals surface area (Å²) in [4.78, 5) is 14.7. The van der Waals surface area contributed by atoms with E-state index in [1.807, 2.05) is 6.07 Å². The summed E-state index contributed by atoms with van der Waals surface area (Å²) in [5.41, 5.74) is 2.43. The molecule has 1 N–H and O–H groups in total. The maximum atomic E-state index is 12.1. The van der Waals surface area contributed by atoms with E-state index in [1.54, 1.807) is 24.3 Å². The van der Waals surface area contributed by atoms with E-state index in [2.05, 4.69) is 40.6 Å². The second-order valence-corrected chi connectivity index (χ2v) is 7.40. The first kappa shape index (κ1) is 17.6. The minimum atomic E-state index is -0.453. The van der Waals surface area contributed by atoms with Gasteiger partial charge in [-0.2, -0.15) is 5.26 Å². The van der Waals surface area contributed by atoms with Crippen LogP contribution in [0.25, 0.3) is 0 Å². The molecule has 138 valence electrons. The SMILES string of the molecule is N#Cc1cccc(NC(=O)OCC2C3CCC2N(Cc2ccccc2)C3)c1. The number of hydrogen-bond donors (Lipinski definition) is 1. The predicted molar refractivity (Wildman–Crippen MR) is 103 cm³/mol. The van der Waals surface area contributed by atoms with E-state index in [0.717, 1.165) is 13.1 Å². The van der Waals surface area contributed by atoms with E-state index in [0.29, 0.717) is 35.7 Å². The first-order chi connectivity index (χ1) is 13.2. The molecule has 4 rings (SSSR count). The number of ether oxygens (including phenoxy) is 1. The highest BCUT2D eigenvalue weighted by Gasteiger charge is 2.46. The molecule has 0 radical (unpaired) electrons. The maximum absolute atomic E-state index is 12.1. The van der Waals surface area contributed by atoms with Crippen molar-refractivity contribution in [3.05, 3.63) is 65.7 Å². The van der Waals surface area contributed by atoms with Crippen molar-refractivity contribution in [1.82, 2.24) is 4.90 Å². The van der Waals surface area contributed by atoms with Crippen molar-refractivity contribution in [2.24, 2.45) is 11.8 Å². The largest absolute Gasteiger partial charge is 0.449 e. The molecule has 3 unspecified atom stereocenters. The van der Waals surface area contributed by atoms with Crippen LogP contribution in [0.4, 0.5) is 10.5 Å². The number of carbonyl (C=O) groups is 1. The van der Waals surface area contributed by atoms with Crippen molar-refractivity contribution in [2.45, 2.75) is 25.4 Å². The standard InChI is InChI=1S/C22H23N3O2/c23-12-17-7-4-8-19(11-17)24-22(26)27-15-20-18-9-10-21(20)25(14-18)13-16-5-2-1-3-6-16/h1-8,11,18,20-21H,9-10,13-15H2,(H,24,26). The van der Waals surface area contributed by atoms with Crippen LogP contribution in [0.1, 0.15) is 24.0 Å². The molecule has 1 aliphatic heterocycles. The molecule has 2 aromatic rings. The molecule has 0 aromatic heterocycles. The summed E-state index contributed by atoms with van der Waals surface area (Å²) in [5, 5.41) is 11.7. The molecule has 5 heteroatoms. The number of nitrogens with one attached hydrogen (secondary N) is 1. The van der Waals surface area contributed by atoms with Crippen LogP contribution in [-0.4, -0.2) is 30.2 Å². The van der Waals surface area contributed by atoms with Gasteiger partial charge in [-0.25, -0.2) is 4.79 Å². The summed E-state index contributed by atoms with van der Waals surface area (Å²) in [6, 6.07) is 19.9. The van der Waals surface area contributed by atoms with Gasteiger partial charge in [0.1, 0.15) is 0 Å². The molecule has 2 aromatic carbocycles. The lowest BCUT2D eigenvalue weighted by Gasteiger charge is -2.27. The highest BCUT2D eigenvalue weighted by atomic mass is 16.5. The number of nitriles is 1. The van der Waals surface area contributed by atoms with Gasteiger partial charge >= 0.3 is 6.09 Å². The van der Waals surface area contributed by atoms with E-state index in [1.165, 1.54) is 18.4 Å². The molecule has 1 heterocycles. The molecule has 2 fully saturated rings. The minimum Gasteiger partial charge on any atom is -0.449 e. The van der Waals surface area contributed by atoms with Crippen molar-refractivity contribution in [3.8, 4) is 6.07 Å². The van der Waals surface area contributed by atoms with Crippen molar-refractivity contribution in [2.75, 3.05) is 18.5 Å². The van der Waals surface area contributed by atoms with Gasteiger partial charge in [0.05, 0.1) is 18.2 Å². The third-order valence-electron chi connectivity index (χ3n) is 5.74. The normalized spacial score (nSPS) is 23.7. The van der Waals surface area contributed by atoms with Crippen LogP contribution in [0.2, 0.25) is 0 Å². The molecular weight excluding hydrogens is 338 g/mol. The van der Waals surface area contributed by atoms with Gasteiger partial charge in [0.2, 0.25) is 0 Å². The van der Waals surface area contributed by atoms with Crippen molar-refractivity contribution >= 4 is 11.8 Å². The third-order valence-corrected chi connectivity index (χ3v) is 5.74. The Morgan fingerprint density at radius 3 is 2.85 bits per heavy atom. The zero-order valence-electron chi connectivity index (χ0n) is 15.2. The zero-order valence-corrected chi connectivity index (χ0v) is 15.2. The molecule has 1 saturated heterocycles. The fourth-order valence-corrected chi connectivity index (χ4v) is 4.48. The van der Waals surface area contributed by atoms with E-state index in [-0.39, 0.29) is 0 Å². The third kappa shape index (κ3) is 3.96. The predicted octanol–water partition coefficient (Wildman–Crippen LogP) is 4.02. The van der Waals surface area contributed by atoms with E-state index in [9.17, 15) is 4.79 Å². The summed E-state index contributed by atoms with van der Waals surface area (Å²) < 4.78 is 5.52. The molecule has 1 saturated carbocycles. The number of likely N-dealkylation sites (tertiary alicyclic amines) is 1. The first-order valence-electron chi connectivity index (χ1n) is 9.45. The number of fused-ring (bicyclic) bond motifs is 2. The van der Waals surface area contributed by atoms with E-state index in [4.69, 9.17) is 10.00 Å². The Hall–Kier alpha value is -2.84. The average molecular weight is 361 g/mol. The fourth-order valence-electron chi connectivity index (χ4n) is 4.48. The Labute approximate surface area is 159 Å². The van der Waals surface area contributed by atoms with Gasteiger partial charge in [-0.05, 0) is 42.5 Å². The Morgan fingerprint density at radius 2 is 2.04 bits per heavy atom. The molecule has 0 spiro atoms. The Morgan fingerprint density at radius 1 is 1.19 bits per heavy atom. The lowest BCUT2D eigenvalue weighted by Crippen LogP contribution is -2.33. The summed E-state index contributed by atoms with van der Waals surface area (Å²) in [6.45, 7) is 2.50. The fraction of sp³-hybridized carbons (Fsp3) is 0.364. The number of hydrogen-bond acceptors (Lipinski definition) is 4. The number of anilines is 1. The number of piperidine rings is 1. The average Bonchev–Trinajstić information content (AvgIpc) is 3.24. The van der Waals surface area contributed by atoms with Crippen LogP contribution in [0.5, 0.6) is 0 Å². The van der Waals surface area contributed by atoms with Gasteiger partial charge in [-0.15, -0.1) is 0 Å². The minimum absolute atomic E-state index is 0.407. The number of carbonyl (C=O) groups excluding carboxylic acids is 1. The lowest BCUT2D eigenvalue weighted by molar-refractivity contribution is 0.125. The van der Waals surface area contributed by atoms with Crippen molar-refractivity contribution < 1.29 is 9.53 Å². The first-order valence-corrected chi connectivity index (χ1v) is 9.45. The van der Waals surface area contributed by atoms with E-state index >= 15 is 0 Å². The lowest BCUT2D eigenvalue weighted by atomic mass is 9.99. The summed E-state index contributed by atoms with van der Waals surface area (Å²) in [5.74, 6) is 1.01. The maximum Gasteiger partial charge on any atom is 0.411 e. The monoisotopic (exact) mass is 361 g/mol. The second-order valence-electron chi connectivity index (χ2n) is 7.40. The van der Waals surface area contributed by atoms with Crippen LogP contribution < -0.4 is 5.32 Å². The second kappa shape index (κ2) is 7.81. The summed E-state index contributed by atoms with van der Waals surface area (Å²) in [6.07, 6.45) is 1.94. The topological polar surface area (TPSA) is 65.4 Å². The summed E-state index contributed by atoms with van der Waals surface area (Å²) >= 11 is 0. The Kier molecular flexibility index (Phi) is 5.08. The smallest absolute Gasteiger partial charge is 0.411 e. The van der Waals surface area contributed by atoms with Gasteiger partial charge in [-0.1, -0.05) is 36.4 Å². The van der Waals surface area contributed by atoms with Crippen LogP contribution in [0.3, 0.4) is 0 Å². The molecule has 2 aliphatic rings. The summed E-state index contributed by atoms with van der Waals surface area (Å²) in [7, 11) is 0. The van der Waals surface area contributed by atoms with Gasteiger partial charge in [-0.3, -0.25) is 10.2 Å². The Balaban J connectivity index is 1.31. The quantitative estimate of drug-likeness (QED) is 0.874. The van der Waals surface area contributed by atoms with Crippen molar-refractivity contribution in [3.63, 3.8) is 0 Å².